The number of aromatic nitrogens is 1. The first-order chi connectivity index (χ1) is 9.97. The topological polar surface area (TPSA) is 77.4 Å². The second-order valence-corrected chi connectivity index (χ2v) is 4.67. The van der Waals surface area contributed by atoms with E-state index in [1.165, 1.54) is 18.6 Å². The Kier molecular flexibility index (Phi) is 4.07. The number of hydrogen-bond donors (Lipinski definition) is 1. The summed E-state index contributed by atoms with van der Waals surface area (Å²) in [4.78, 5) is 35.5. The summed E-state index contributed by atoms with van der Waals surface area (Å²) in [6, 6.07) is 7.15. The van der Waals surface area contributed by atoms with Crippen molar-refractivity contribution in [2.45, 2.75) is 6.92 Å². The lowest BCUT2D eigenvalue weighted by Crippen LogP contribution is -2.35. The van der Waals surface area contributed by atoms with Gasteiger partial charge in [-0.25, -0.2) is 0 Å². The summed E-state index contributed by atoms with van der Waals surface area (Å²) in [5, 5.41) is 3.09. The van der Waals surface area contributed by atoms with E-state index in [1.807, 2.05) is 0 Å². The van der Waals surface area contributed by atoms with Crippen molar-refractivity contribution in [2.75, 3.05) is 13.7 Å². The van der Waals surface area contributed by atoms with Gasteiger partial charge in [-0.3, -0.25) is 14.4 Å². The quantitative estimate of drug-likeness (QED) is 0.905. The van der Waals surface area contributed by atoms with Crippen LogP contribution in [0.4, 0.5) is 0 Å². The predicted octanol–water partition coefficient (Wildman–Crippen LogP) is 0.866. The van der Waals surface area contributed by atoms with E-state index in [0.717, 1.165) is 0 Å². The molecular formula is C15H16N2O4. The van der Waals surface area contributed by atoms with Crippen molar-refractivity contribution in [1.29, 1.82) is 0 Å². The number of pyridine rings is 1. The van der Waals surface area contributed by atoms with Crippen molar-refractivity contribution < 1.29 is 14.3 Å². The summed E-state index contributed by atoms with van der Waals surface area (Å²) in [6.45, 7) is 1.23. The van der Waals surface area contributed by atoms with Gasteiger partial charge in [0.05, 0.1) is 19.2 Å². The van der Waals surface area contributed by atoms with Gasteiger partial charge in [0.15, 0.2) is 0 Å². The normalized spacial score (nSPS) is 10.4. The SMILES string of the molecule is COc1c(C(=O)NCC(C)=O)c(=O)n(C)c2ccccc12. The molecular weight excluding hydrogens is 272 g/mol. The van der Waals surface area contributed by atoms with Gasteiger partial charge in [-0.1, -0.05) is 12.1 Å². The minimum Gasteiger partial charge on any atom is -0.495 e. The molecule has 1 aromatic heterocycles. The van der Waals surface area contributed by atoms with Gasteiger partial charge in [0.25, 0.3) is 11.5 Å². The van der Waals surface area contributed by atoms with Crippen LogP contribution in [-0.2, 0) is 11.8 Å². The van der Waals surface area contributed by atoms with E-state index in [4.69, 9.17) is 4.74 Å². The summed E-state index contributed by atoms with van der Waals surface area (Å²) < 4.78 is 6.65. The molecule has 0 fully saturated rings. The molecule has 0 radical (unpaired) electrons. The van der Waals surface area contributed by atoms with Crippen LogP contribution < -0.4 is 15.6 Å². The summed E-state index contributed by atoms with van der Waals surface area (Å²) in [5.74, 6) is -0.594. The molecule has 2 aromatic rings. The summed E-state index contributed by atoms with van der Waals surface area (Å²) >= 11 is 0. The van der Waals surface area contributed by atoms with Crippen LogP contribution >= 0.6 is 0 Å². The fourth-order valence-corrected chi connectivity index (χ4v) is 2.17. The first-order valence-electron chi connectivity index (χ1n) is 6.40. The minimum atomic E-state index is -0.617. The number of ketones is 1. The van der Waals surface area contributed by atoms with Crippen LogP contribution in [-0.4, -0.2) is 29.9 Å². The number of carbonyl (C=O) groups is 2. The molecule has 6 nitrogen and oxygen atoms in total. The molecule has 0 aliphatic carbocycles. The van der Waals surface area contributed by atoms with E-state index in [0.29, 0.717) is 10.9 Å². The lowest BCUT2D eigenvalue weighted by Gasteiger charge is -2.14. The third kappa shape index (κ3) is 2.65. The zero-order valence-corrected chi connectivity index (χ0v) is 12.1. The standard InChI is InChI=1S/C15H16N2O4/c1-9(18)8-16-14(19)12-13(21-3)10-6-4-5-7-11(10)17(2)15(12)20/h4-7H,8H2,1-3H3,(H,16,19). The van der Waals surface area contributed by atoms with Crippen molar-refractivity contribution in [3.05, 3.63) is 40.2 Å². The molecule has 0 saturated heterocycles. The third-order valence-electron chi connectivity index (χ3n) is 3.18. The molecule has 0 unspecified atom stereocenters. The van der Waals surface area contributed by atoms with Crippen LogP contribution in [0.25, 0.3) is 10.9 Å². The molecule has 0 aliphatic heterocycles. The van der Waals surface area contributed by atoms with Crippen molar-refractivity contribution in [2.24, 2.45) is 7.05 Å². The molecule has 0 bridgehead atoms. The van der Waals surface area contributed by atoms with E-state index < -0.39 is 11.5 Å². The molecule has 0 spiro atoms. The zero-order valence-electron chi connectivity index (χ0n) is 12.1. The highest BCUT2D eigenvalue weighted by Gasteiger charge is 2.21. The van der Waals surface area contributed by atoms with Crippen LogP contribution in [0.3, 0.4) is 0 Å². The van der Waals surface area contributed by atoms with Gasteiger partial charge in [-0.15, -0.1) is 0 Å². The minimum absolute atomic E-state index is 0.0973. The number of hydrogen-bond acceptors (Lipinski definition) is 4. The maximum Gasteiger partial charge on any atom is 0.267 e. The summed E-state index contributed by atoms with van der Waals surface area (Å²) in [6.07, 6.45) is 0. The number of carbonyl (C=O) groups excluding carboxylic acids is 2. The largest absolute Gasteiger partial charge is 0.495 e. The Bertz CT molecular complexity index is 777. The Morgan fingerprint density at radius 1 is 1.29 bits per heavy atom. The molecule has 0 aliphatic rings. The molecule has 1 N–H and O–H groups in total. The summed E-state index contributed by atoms with van der Waals surface area (Å²) in [7, 11) is 2.99. The fraction of sp³-hybridized carbons (Fsp3) is 0.267. The van der Waals surface area contributed by atoms with Gasteiger partial charge in [0.1, 0.15) is 17.1 Å². The maximum absolute atomic E-state index is 12.4. The van der Waals surface area contributed by atoms with Gasteiger partial charge in [-0.05, 0) is 19.1 Å². The highest BCUT2D eigenvalue weighted by atomic mass is 16.5. The number of benzene rings is 1. The number of rotatable bonds is 4. The Balaban J connectivity index is 2.68. The van der Waals surface area contributed by atoms with Crippen molar-refractivity contribution in [3.8, 4) is 5.75 Å². The van der Waals surface area contributed by atoms with Gasteiger partial charge >= 0.3 is 0 Å². The number of Topliss-reactive ketones (excluding diaryl/α,β-unsaturated/α-hetero) is 1. The molecule has 110 valence electrons. The Morgan fingerprint density at radius 2 is 1.95 bits per heavy atom. The molecule has 6 heteroatoms. The van der Waals surface area contributed by atoms with Crippen LogP contribution in [0.5, 0.6) is 5.75 Å². The Hall–Kier alpha value is -2.63. The Labute approximate surface area is 121 Å². The highest BCUT2D eigenvalue weighted by molar-refractivity contribution is 6.03. The van der Waals surface area contributed by atoms with Crippen molar-refractivity contribution in [1.82, 2.24) is 9.88 Å². The number of nitrogens with zero attached hydrogens (tertiary/aromatic N) is 1. The smallest absolute Gasteiger partial charge is 0.267 e. The molecule has 1 aromatic carbocycles. The number of methoxy groups -OCH3 is 1. The highest BCUT2D eigenvalue weighted by Crippen LogP contribution is 2.26. The first-order valence-corrected chi connectivity index (χ1v) is 6.40. The summed E-state index contributed by atoms with van der Waals surface area (Å²) in [5.41, 5.74) is 0.106. The van der Waals surface area contributed by atoms with Gasteiger partial charge < -0.3 is 14.6 Å². The van der Waals surface area contributed by atoms with Gasteiger partial charge in [-0.2, -0.15) is 0 Å². The molecule has 2 rings (SSSR count). The van der Waals surface area contributed by atoms with E-state index in [-0.39, 0.29) is 23.6 Å². The van der Waals surface area contributed by atoms with Crippen molar-refractivity contribution in [3.63, 3.8) is 0 Å². The van der Waals surface area contributed by atoms with Crippen LogP contribution in [0.15, 0.2) is 29.1 Å². The van der Waals surface area contributed by atoms with Gasteiger partial charge in [0, 0.05) is 12.4 Å². The third-order valence-corrected chi connectivity index (χ3v) is 3.18. The first kappa shape index (κ1) is 14.8. The molecule has 21 heavy (non-hydrogen) atoms. The monoisotopic (exact) mass is 288 g/mol. The lowest BCUT2D eigenvalue weighted by molar-refractivity contribution is -0.116. The number of nitrogens with one attached hydrogen (secondary N) is 1. The molecule has 1 amide bonds. The second kappa shape index (κ2) is 5.78. The average Bonchev–Trinajstić information content (AvgIpc) is 2.48. The van der Waals surface area contributed by atoms with Crippen LogP contribution in [0, 0.1) is 0 Å². The van der Waals surface area contributed by atoms with E-state index in [9.17, 15) is 14.4 Å². The Morgan fingerprint density at radius 3 is 2.57 bits per heavy atom. The predicted molar refractivity (Wildman–Crippen MR) is 78.8 cm³/mol. The van der Waals surface area contributed by atoms with Gasteiger partial charge in [0.2, 0.25) is 0 Å². The van der Waals surface area contributed by atoms with E-state index in [1.54, 1.807) is 31.3 Å². The maximum atomic E-state index is 12.4. The van der Waals surface area contributed by atoms with Crippen LogP contribution in [0.1, 0.15) is 17.3 Å². The van der Waals surface area contributed by atoms with Crippen molar-refractivity contribution >= 4 is 22.6 Å². The number of ether oxygens (including phenoxy) is 1. The number of aryl methyl sites for hydroxylation is 1. The number of amides is 1. The molecule has 1 heterocycles. The fourth-order valence-electron chi connectivity index (χ4n) is 2.17. The van der Waals surface area contributed by atoms with E-state index >= 15 is 0 Å². The zero-order chi connectivity index (χ0) is 15.6. The second-order valence-electron chi connectivity index (χ2n) is 4.67. The lowest BCUT2D eigenvalue weighted by atomic mass is 10.1. The van der Waals surface area contributed by atoms with Crippen LogP contribution in [0.2, 0.25) is 0 Å². The number of para-hydroxylation sites is 1. The number of fused-ring (bicyclic) bond motifs is 1. The molecule has 0 saturated carbocycles. The molecule has 0 atom stereocenters. The average molecular weight is 288 g/mol. The van der Waals surface area contributed by atoms with E-state index in [2.05, 4.69) is 5.32 Å².